The van der Waals surface area contributed by atoms with E-state index < -0.39 is 12.0 Å². The van der Waals surface area contributed by atoms with Gasteiger partial charge in [-0.25, -0.2) is 4.79 Å². The number of rotatable bonds is 2. The normalized spacial score (nSPS) is 20.5. The number of carbonyl (C=O) groups is 3. The lowest BCUT2D eigenvalue weighted by Crippen LogP contribution is -2.40. The highest BCUT2D eigenvalue weighted by molar-refractivity contribution is 6.01. The Bertz CT molecular complexity index is 628. The fourth-order valence-electron chi connectivity index (χ4n) is 2.65. The molecule has 2 N–H and O–H groups in total. The van der Waals surface area contributed by atoms with Gasteiger partial charge in [0.05, 0.1) is 5.69 Å². The van der Waals surface area contributed by atoms with Crippen LogP contribution < -0.4 is 10.1 Å². The van der Waals surface area contributed by atoms with E-state index in [0.29, 0.717) is 36.4 Å². The van der Waals surface area contributed by atoms with E-state index in [2.05, 4.69) is 5.32 Å². The molecule has 0 aromatic heterocycles. The number of hydrogen-bond donors (Lipinski definition) is 2. The Balaban J connectivity index is 1.87. The maximum atomic E-state index is 12.4. The van der Waals surface area contributed by atoms with Crippen molar-refractivity contribution in [2.75, 3.05) is 18.5 Å². The highest BCUT2D eigenvalue weighted by atomic mass is 16.5. The number of nitrogens with one attached hydrogen (secondary N) is 1. The number of fused-ring (bicyclic) bond motifs is 1. The molecule has 0 spiro atoms. The van der Waals surface area contributed by atoms with E-state index in [1.165, 1.54) is 11.0 Å². The molecule has 0 bridgehead atoms. The van der Waals surface area contributed by atoms with Crippen LogP contribution in [0.3, 0.4) is 0 Å². The van der Waals surface area contributed by atoms with Gasteiger partial charge in [-0.15, -0.1) is 0 Å². The number of ether oxygens (including phenoxy) is 1. The van der Waals surface area contributed by atoms with E-state index in [-0.39, 0.29) is 18.4 Å². The summed E-state index contributed by atoms with van der Waals surface area (Å²) in [4.78, 5) is 36.2. The Morgan fingerprint density at radius 1 is 1.38 bits per heavy atom. The lowest BCUT2D eigenvalue weighted by Gasteiger charge is -2.23. The van der Waals surface area contributed by atoms with Crippen LogP contribution in [0.25, 0.3) is 0 Å². The van der Waals surface area contributed by atoms with Gasteiger partial charge in [0.25, 0.3) is 11.8 Å². The van der Waals surface area contributed by atoms with Crippen molar-refractivity contribution in [2.24, 2.45) is 0 Å². The number of carbonyl (C=O) groups excluding carboxylic acids is 2. The van der Waals surface area contributed by atoms with Crippen LogP contribution >= 0.6 is 0 Å². The smallest absolute Gasteiger partial charge is 0.326 e. The molecule has 110 valence electrons. The molecule has 2 aliphatic rings. The molecule has 3 rings (SSSR count). The van der Waals surface area contributed by atoms with E-state index >= 15 is 0 Å². The minimum atomic E-state index is -0.990. The molecule has 0 aliphatic carbocycles. The van der Waals surface area contributed by atoms with Gasteiger partial charge in [-0.1, -0.05) is 0 Å². The number of amides is 2. The van der Waals surface area contributed by atoms with E-state index in [1.54, 1.807) is 12.1 Å². The Morgan fingerprint density at radius 2 is 2.19 bits per heavy atom. The van der Waals surface area contributed by atoms with Gasteiger partial charge in [0.1, 0.15) is 11.8 Å². The molecule has 21 heavy (non-hydrogen) atoms. The molecular formula is C14H14N2O5. The zero-order chi connectivity index (χ0) is 15.0. The van der Waals surface area contributed by atoms with Crippen LogP contribution in [0.15, 0.2) is 18.2 Å². The second kappa shape index (κ2) is 5.08. The summed E-state index contributed by atoms with van der Waals surface area (Å²) in [6.45, 7) is 0.378. The first-order chi connectivity index (χ1) is 10.1. The first-order valence-electron chi connectivity index (χ1n) is 6.67. The molecule has 2 heterocycles. The average Bonchev–Trinajstić information content (AvgIpc) is 2.95. The Labute approximate surface area is 120 Å². The van der Waals surface area contributed by atoms with Gasteiger partial charge in [-0.3, -0.25) is 9.59 Å². The first kappa shape index (κ1) is 13.4. The quantitative estimate of drug-likeness (QED) is 0.836. The van der Waals surface area contributed by atoms with Gasteiger partial charge in [-0.2, -0.15) is 0 Å². The molecule has 2 amide bonds. The summed E-state index contributed by atoms with van der Waals surface area (Å²) < 4.78 is 5.22. The second-order valence-corrected chi connectivity index (χ2v) is 5.04. The average molecular weight is 290 g/mol. The maximum Gasteiger partial charge on any atom is 0.326 e. The second-order valence-electron chi connectivity index (χ2n) is 5.04. The Hall–Kier alpha value is -2.57. The van der Waals surface area contributed by atoms with Gasteiger partial charge >= 0.3 is 5.97 Å². The minimum Gasteiger partial charge on any atom is -0.482 e. The summed E-state index contributed by atoms with van der Waals surface area (Å²) in [5.74, 6) is -1.11. The summed E-state index contributed by atoms with van der Waals surface area (Å²) >= 11 is 0. The van der Waals surface area contributed by atoms with Crippen molar-refractivity contribution in [2.45, 2.75) is 18.9 Å². The molecular weight excluding hydrogens is 276 g/mol. The monoisotopic (exact) mass is 290 g/mol. The molecule has 1 saturated heterocycles. The predicted molar refractivity (Wildman–Crippen MR) is 72.3 cm³/mol. The van der Waals surface area contributed by atoms with Gasteiger partial charge in [-0.05, 0) is 31.0 Å². The van der Waals surface area contributed by atoms with E-state index in [1.807, 2.05) is 0 Å². The van der Waals surface area contributed by atoms with Crippen LogP contribution in [0.4, 0.5) is 5.69 Å². The topological polar surface area (TPSA) is 95.9 Å². The van der Waals surface area contributed by atoms with Crippen molar-refractivity contribution in [3.8, 4) is 5.75 Å². The van der Waals surface area contributed by atoms with E-state index in [4.69, 9.17) is 9.84 Å². The Morgan fingerprint density at radius 3 is 2.95 bits per heavy atom. The van der Waals surface area contributed by atoms with Crippen molar-refractivity contribution >= 4 is 23.5 Å². The number of hydrogen-bond acceptors (Lipinski definition) is 4. The van der Waals surface area contributed by atoms with Crippen molar-refractivity contribution in [1.82, 2.24) is 4.90 Å². The number of carboxylic acids is 1. The maximum absolute atomic E-state index is 12.4. The van der Waals surface area contributed by atoms with Gasteiger partial charge in [0, 0.05) is 12.1 Å². The summed E-state index contributed by atoms with van der Waals surface area (Å²) in [5.41, 5.74) is 0.774. The van der Waals surface area contributed by atoms with Crippen molar-refractivity contribution in [3.63, 3.8) is 0 Å². The van der Waals surface area contributed by atoms with E-state index in [0.717, 1.165) is 0 Å². The van der Waals surface area contributed by atoms with E-state index in [9.17, 15) is 14.4 Å². The van der Waals surface area contributed by atoms with Crippen LogP contribution in [0.1, 0.15) is 23.2 Å². The van der Waals surface area contributed by atoms with Crippen molar-refractivity contribution < 1.29 is 24.2 Å². The number of aliphatic carboxylic acids is 1. The van der Waals surface area contributed by atoms with Crippen molar-refractivity contribution in [3.05, 3.63) is 23.8 Å². The molecule has 0 unspecified atom stereocenters. The zero-order valence-electron chi connectivity index (χ0n) is 11.2. The van der Waals surface area contributed by atoms with Crippen LogP contribution in [-0.4, -0.2) is 47.0 Å². The number of nitrogens with zero attached hydrogens (tertiary/aromatic N) is 1. The van der Waals surface area contributed by atoms with Crippen LogP contribution in [0.5, 0.6) is 5.75 Å². The largest absolute Gasteiger partial charge is 0.482 e. The lowest BCUT2D eigenvalue weighted by atomic mass is 10.1. The number of anilines is 1. The minimum absolute atomic E-state index is 0.0481. The SMILES string of the molecule is O=C1COc2ccc(C(=O)N3CCC[C@@H]3C(=O)O)cc2N1. The Kier molecular flexibility index (Phi) is 3.25. The highest BCUT2D eigenvalue weighted by Crippen LogP contribution is 2.30. The zero-order valence-corrected chi connectivity index (χ0v) is 11.2. The predicted octanol–water partition coefficient (Wildman–Crippen LogP) is 0.707. The molecule has 1 aromatic carbocycles. The van der Waals surface area contributed by atoms with Gasteiger partial charge < -0.3 is 20.1 Å². The van der Waals surface area contributed by atoms with Crippen LogP contribution in [0, 0.1) is 0 Å². The first-order valence-corrected chi connectivity index (χ1v) is 6.67. The van der Waals surface area contributed by atoms with Crippen LogP contribution in [0.2, 0.25) is 0 Å². The number of benzene rings is 1. The standard InChI is InChI=1S/C14H14N2O5/c17-12-7-21-11-4-3-8(6-9(11)15-12)13(18)16-5-1-2-10(16)14(19)20/h3-4,6,10H,1-2,5,7H2,(H,15,17)(H,19,20)/t10-/m1/s1. The summed E-state index contributed by atoms with van der Waals surface area (Å²) in [5, 5.41) is 11.8. The lowest BCUT2D eigenvalue weighted by molar-refractivity contribution is -0.141. The molecule has 7 nitrogen and oxygen atoms in total. The molecule has 0 saturated carbocycles. The highest BCUT2D eigenvalue weighted by Gasteiger charge is 2.34. The molecule has 7 heteroatoms. The summed E-state index contributed by atoms with van der Waals surface area (Å²) in [6, 6.07) is 3.93. The fourth-order valence-corrected chi connectivity index (χ4v) is 2.65. The van der Waals surface area contributed by atoms with Crippen molar-refractivity contribution in [1.29, 1.82) is 0 Å². The third-order valence-corrected chi connectivity index (χ3v) is 3.66. The molecule has 2 aliphatic heterocycles. The molecule has 1 fully saturated rings. The third kappa shape index (κ3) is 2.42. The molecule has 0 radical (unpaired) electrons. The van der Waals surface area contributed by atoms with Gasteiger partial charge in [0.15, 0.2) is 6.61 Å². The van der Waals surface area contributed by atoms with Crippen LogP contribution in [-0.2, 0) is 9.59 Å². The molecule has 1 aromatic rings. The summed E-state index contributed by atoms with van der Waals surface area (Å²) in [6.07, 6.45) is 1.14. The molecule has 1 atom stereocenters. The van der Waals surface area contributed by atoms with Gasteiger partial charge in [0.2, 0.25) is 0 Å². The number of carboxylic acid groups (broad SMARTS) is 1. The fraction of sp³-hybridized carbons (Fsp3) is 0.357. The third-order valence-electron chi connectivity index (χ3n) is 3.66. The summed E-state index contributed by atoms with van der Waals surface area (Å²) in [7, 11) is 0. The number of likely N-dealkylation sites (tertiary alicyclic amines) is 1.